The molecule has 1 saturated heterocycles. The third-order valence-electron chi connectivity index (χ3n) is 7.11. The van der Waals surface area contributed by atoms with Gasteiger partial charge in [-0.1, -0.05) is 48.5 Å². The number of hydrogen-bond acceptors (Lipinski definition) is 5. The molecule has 1 heterocycles. The molecule has 0 saturated carbocycles. The van der Waals surface area contributed by atoms with Gasteiger partial charge in [0.1, 0.15) is 23.9 Å². The molecule has 1 atom stereocenters. The van der Waals surface area contributed by atoms with E-state index < -0.39 is 17.7 Å². The Balaban J connectivity index is 1.57. The summed E-state index contributed by atoms with van der Waals surface area (Å²) in [6.45, 7) is 6.17. The number of carbonyl (C=O) groups excluding carboxylic acids is 2. The van der Waals surface area contributed by atoms with Crippen molar-refractivity contribution >= 4 is 23.1 Å². The SMILES string of the molecule is Cc1ccc(N2C(=O)C(=O)/C(=C(/O)c3ccc(OCc4ccccc4)c(C)c3)C2c2ccc(O)cc2)cc1C. The average Bonchev–Trinajstić information content (AvgIpc) is 3.20. The number of carbonyl (C=O) groups is 2. The first-order valence-corrected chi connectivity index (χ1v) is 12.7. The topological polar surface area (TPSA) is 87.1 Å². The second kappa shape index (κ2) is 10.5. The van der Waals surface area contributed by atoms with Crippen LogP contribution in [-0.2, 0) is 16.2 Å². The fourth-order valence-electron chi connectivity index (χ4n) is 4.80. The number of rotatable bonds is 6. The monoisotopic (exact) mass is 519 g/mol. The number of phenolic OH excluding ortho intramolecular Hbond substituents is 1. The van der Waals surface area contributed by atoms with Crippen molar-refractivity contribution < 1.29 is 24.5 Å². The minimum Gasteiger partial charge on any atom is -0.508 e. The summed E-state index contributed by atoms with van der Waals surface area (Å²) in [5.74, 6) is -1.05. The van der Waals surface area contributed by atoms with E-state index in [2.05, 4.69) is 0 Å². The lowest BCUT2D eigenvalue weighted by Crippen LogP contribution is -2.29. The van der Waals surface area contributed by atoms with Gasteiger partial charge in [0.25, 0.3) is 11.7 Å². The van der Waals surface area contributed by atoms with Crippen molar-refractivity contribution in [1.82, 2.24) is 0 Å². The van der Waals surface area contributed by atoms with Crippen LogP contribution >= 0.6 is 0 Å². The molecule has 5 rings (SSSR count). The number of aromatic hydroxyl groups is 1. The Hall–Kier alpha value is -4.84. The van der Waals surface area contributed by atoms with Crippen LogP contribution in [-0.4, -0.2) is 21.9 Å². The maximum atomic E-state index is 13.4. The van der Waals surface area contributed by atoms with Gasteiger partial charge >= 0.3 is 0 Å². The average molecular weight is 520 g/mol. The van der Waals surface area contributed by atoms with E-state index in [1.807, 2.05) is 63.2 Å². The summed E-state index contributed by atoms with van der Waals surface area (Å²) in [6.07, 6.45) is 0. The molecule has 2 N–H and O–H groups in total. The highest BCUT2D eigenvalue weighted by Crippen LogP contribution is 2.43. The van der Waals surface area contributed by atoms with Gasteiger partial charge in [0, 0.05) is 11.3 Å². The summed E-state index contributed by atoms with van der Waals surface area (Å²) in [6, 6.07) is 26.0. The Kier molecular flexibility index (Phi) is 6.94. The van der Waals surface area contributed by atoms with Gasteiger partial charge in [-0.25, -0.2) is 0 Å². The Bertz CT molecular complexity index is 1590. The molecule has 1 aliphatic heterocycles. The summed E-state index contributed by atoms with van der Waals surface area (Å²) < 4.78 is 5.97. The molecule has 0 spiro atoms. The predicted molar refractivity (Wildman–Crippen MR) is 151 cm³/mol. The van der Waals surface area contributed by atoms with Gasteiger partial charge in [-0.3, -0.25) is 14.5 Å². The molecule has 1 amide bonds. The zero-order valence-electron chi connectivity index (χ0n) is 22.0. The highest BCUT2D eigenvalue weighted by Gasteiger charge is 2.47. The van der Waals surface area contributed by atoms with Crippen molar-refractivity contribution in [2.45, 2.75) is 33.4 Å². The van der Waals surface area contributed by atoms with Crippen LogP contribution in [0.2, 0.25) is 0 Å². The highest BCUT2D eigenvalue weighted by molar-refractivity contribution is 6.51. The molecule has 0 bridgehead atoms. The van der Waals surface area contributed by atoms with Crippen LogP contribution in [0.15, 0.2) is 96.6 Å². The maximum Gasteiger partial charge on any atom is 0.300 e. The number of amides is 1. The van der Waals surface area contributed by atoms with Crippen LogP contribution in [0.3, 0.4) is 0 Å². The van der Waals surface area contributed by atoms with E-state index in [4.69, 9.17) is 4.74 Å². The van der Waals surface area contributed by atoms with E-state index in [0.717, 1.165) is 22.3 Å². The van der Waals surface area contributed by atoms with Gasteiger partial charge in [-0.05, 0) is 91.1 Å². The predicted octanol–water partition coefficient (Wildman–Crippen LogP) is 6.52. The third-order valence-corrected chi connectivity index (χ3v) is 7.11. The second-order valence-electron chi connectivity index (χ2n) is 9.78. The molecular formula is C33H29NO5. The quantitative estimate of drug-likeness (QED) is 0.172. The largest absolute Gasteiger partial charge is 0.508 e. The zero-order valence-corrected chi connectivity index (χ0v) is 22.0. The molecule has 4 aromatic carbocycles. The van der Waals surface area contributed by atoms with Crippen LogP contribution in [0.25, 0.3) is 5.76 Å². The summed E-state index contributed by atoms with van der Waals surface area (Å²) in [5, 5.41) is 21.3. The van der Waals surface area contributed by atoms with E-state index in [0.29, 0.717) is 29.2 Å². The molecule has 1 aliphatic rings. The van der Waals surface area contributed by atoms with E-state index >= 15 is 0 Å². The summed E-state index contributed by atoms with van der Waals surface area (Å²) in [5.41, 5.74) is 5.37. The lowest BCUT2D eigenvalue weighted by molar-refractivity contribution is -0.132. The van der Waals surface area contributed by atoms with Crippen LogP contribution < -0.4 is 9.64 Å². The fraction of sp³-hybridized carbons (Fsp3) is 0.152. The molecule has 0 radical (unpaired) electrons. The van der Waals surface area contributed by atoms with Crippen molar-refractivity contribution in [3.05, 3.63) is 130 Å². The second-order valence-corrected chi connectivity index (χ2v) is 9.78. The molecule has 0 aliphatic carbocycles. The number of hydrogen-bond donors (Lipinski definition) is 2. The summed E-state index contributed by atoms with van der Waals surface area (Å²) >= 11 is 0. The number of ether oxygens (including phenoxy) is 1. The molecule has 1 unspecified atom stereocenters. The molecular weight excluding hydrogens is 490 g/mol. The number of aliphatic hydroxyl groups excluding tert-OH is 1. The molecule has 196 valence electrons. The lowest BCUT2D eigenvalue weighted by atomic mass is 9.94. The maximum absolute atomic E-state index is 13.4. The van der Waals surface area contributed by atoms with Gasteiger partial charge in [-0.2, -0.15) is 0 Å². The van der Waals surface area contributed by atoms with E-state index in [-0.39, 0.29) is 17.1 Å². The number of Topliss-reactive ketones (excluding diaryl/α,β-unsaturated/α-hetero) is 1. The summed E-state index contributed by atoms with van der Waals surface area (Å²) in [7, 11) is 0. The van der Waals surface area contributed by atoms with Crippen molar-refractivity contribution in [3.63, 3.8) is 0 Å². The standard InChI is InChI=1S/C33H29NO5/c1-20-9-13-26(18-21(20)2)34-30(24-10-14-27(35)15-11-24)29(32(37)33(34)38)31(36)25-12-16-28(22(3)17-25)39-19-23-7-5-4-6-8-23/h4-18,30,35-36H,19H2,1-3H3/b31-29+. The number of benzene rings is 4. The number of phenols is 1. The van der Waals surface area contributed by atoms with Crippen molar-refractivity contribution in [2.75, 3.05) is 4.90 Å². The first kappa shape index (κ1) is 25.8. The van der Waals surface area contributed by atoms with Gasteiger partial charge in [-0.15, -0.1) is 0 Å². The minimum atomic E-state index is -0.873. The van der Waals surface area contributed by atoms with E-state index in [9.17, 15) is 19.8 Å². The Morgan fingerprint density at radius 3 is 2.21 bits per heavy atom. The van der Waals surface area contributed by atoms with Gasteiger partial charge in [0.05, 0.1) is 11.6 Å². The van der Waals surface area contributed by atoms with Gasteiger partial charge < -0.3 is 14.9 Å². The van der Waals surface area contributed by atoms with Gasteiger partial charge in [0.2, 0.25) is 0 Å². The number of anilines is 1. The number of ketones is 1. The first-order chi connectivity index (χ1) is 18.7. The van der Waals surface area contributed by atoms with Crippen LogP contribution in [0, 0.1) is 20.8 Å². The number of aryl methyl sites for hydroxylation is 3. The van der Waals surface area contributed by atoms with E-state index in [1.165, 1.54) is 17.0 Å². The van der Waals surface area contributed by atoms with Crippen molar-refractivity contribution in [2.24, 2.45) is 0 Å². The number of nitrogens with zero attached hydrogens (tertiary/aromatic N) is 1. The molecule has 39 heavy (non-hydrogen) atoms. The molecule has 1 fully saturated rings. The molecule has 4 aromatic rings. The normalized spacial score (nSPS) is 16.5. The lowest BCUT2D eigenvalue weighted by Gasteiger charge is -2.26. The minimum absolute atomic E-state index is 0.0127. The Labute approximate surface area is 227 Å². The van der Waals surface area contributed by atoms with Gasteiger partial charge in [0.15, 0.2) is 0 Å². The van der Waals surface area contributed by atoms with Crippen molar-refractivity contribution in [1.29, 1.82) is 0 Å². The number of aliphatic hydroxyl groups is 1. The fourth-order valence-corrected chi connectivity index (χ4v) is 4.80. The molecule has 6 nitrogen and oxygen atoms in total. The molecule has 6 heteroatoms. The van der Waals surface area contributed by atoms with E-state index in [1.54, 1.807) is 36.4 Å². The van der Waals surface area contributed by atoms with Crippen molar-refractivity contribution in [3.8, 4) is 11.5 Å². The highest BCUT2D eigenvalue weighted by atomic mass is 16.5. The summed E-state index contributed by atoms with van der Waals surface area (Å²) in [4.78, 5) is 28.2. The zero-order chi connectivity index (χ0) is 27.7. The molecule has 0 aromatic heterocycles. The Morgan fingerprint density at radius 2 is 1.54 bits per heavy atom. The Morgan fingerprint density at radius 1 is 0.821 bits per heavy atom. The van der Waals surface area contributed by atoms with Crippen LogP contribution in [0.1, 0.15) is 39.4 Å². The first-order valence-electron chi connectivity index (χ1n) is 12.7. The van der Waals surface area contributed by atoms with Crippen LogP contribution in [0.4, 0.5) is 5.69 Å². The third kappa shape index (κ3) is 5.01. The van der Waals surface area contributed by atoms with Crippen LogP contribution in [0.5, 0.6) is 11.5 Å². The smallest absolute Gasteiger partial charge is 0.300 e.